The molecule has 0 bridgehead atoms. The van der Waals surface area contributed by atoms with Crippen LogP contribution in [0.2, 0.25) is 0 Å². The van der Waals surface area contributed by atoms with Crippen molar-refractivity contribution in [3.05, 3.63) is 30.3 Å². The van der Waals surface area contributed by atoms with Gasteiger partial charge in [0.15, 0.2) is 0 Å². The Bertz CT molecular complexity index is 274. The molecule has 0 amide bonds. The van der Waals surface area contributed by atoms with E-state index in [1.54, 1.807) is 0 Å². The van der Waals surface area contributed by atoms with Crippen LogP contribution < -0.4 is 5.32 Å². The lowest BCUT2D eigenvalue weighted by atomic mass is 10.1. The number of rotatable bonds is 6. The summed E-state index contributed by atoms with van der Waals surface area (Å²) in [6.07, 6.45) is 0. The molecule has 1 N–H and O–H groups in total. The van der Waals surface area contributed by atoms with Crippen LogP contribution >= 0.6 is 23.4 Å². The zero-order chi connectivity index (χ0) is 11.1. The van der Waals surface area contributed by atoms with Gasteiger partial charge in [0.2, 0.25) is 0 Å². The highest BCUT2D eigenvalue weighted by molar-refractivity contribution is 7.99. The van der Waals surface area contributed by atoms with Crippen LogP contribution in [-0.2, 0) is 0 Å². The van der Waals surface area contributed by atoms with Crippen molar-refractivity contribution < 1.29 is 0 Å². The molecule has 1 rings (SSSR count). The molecule has 0 fully saturated rings. The van der Waals surface area contributed by atoms with E-state index in [4.69, 9.17) is 11.6 Å². The Hall–Kier alpha value is -0.180. The van der Waals surface area contributed by atoms with Gasteiger partial charge in [0, 0.05) is 28.6 Å². The van der Waals surface area contributed by atoms with E-state index in [2.05, 4.69) is 43.4 Å². The molecule has 1 nitrogen and oxygen atoms in total. The molecule has 3 heteroatoms. The molecule has 0 saturated carbocycles. The van der Waals surface area contributed by atoms with Crippen LogP contribution in [0.4, 0.5) is 0 Å². The molecule has 0 heterocycles. The minimum absolute atomic E-state index is 0.0405. The van der Waals surface area contributed by atoms with Crippen molar-refractivity contribution in [3.63, 3.8) is 0 Å². The smallest absolute Gasteiger partial charge is 0.0400 e. The molecule has 0 aliphatic heterocycles. The highest BCUT2D eigenvalue weighted by Gasteiger charge is 2.13. The molecule has 84 valence electrons. The fraction of sp³-hybridized carbons (Fsp3) is 0.500. The molecule has 0 unspecified atom stereocenters. The van der Waals surface area contributed by atoms with Crippen molar-refractivity contribution in [2.24, 2.45) is 0 Å². The normalized spacial score (nSPS) is 11.7. The van der Waals surface area contributed by atoms with E-state index in [0.29, 0.717) is 5.88 Å². The molecular weight excluding hydrogens is 226 g/mol. The Labute approximate surface area is 102 Å². The Morgan fingerprint density at radius 2 is 1.93 bits per heavy atom. The van der Waals surface area contributed by atoms with E-state index in [-0.39, 0.29) is 5.54 Å². The summed E-state index contributed by atoms with van der Waals surface area (Å²) in [5.41, 5.74) is 0.0405. The van der Waals surface area contributed by atoms with Gasteiger partial charge in [-0.15, -0.1) is 23.4 Å². The Morgan fingerprint density at radius 1 is 1.27 bits per heavy atom. The summed E-state index contributed by atoms with van der Waals surface area (Å²) >= 11 is 7.69. The van der Waals surface area contributed by atoms with Crippen LogP contribution in [0, 0.1) is 0 Å². The lowest BCUT2D eigenvalue weighted by Gasteiger charge is -2.23. The van der Waals surface area contributed by atoms with Crippen molar-refractivity contribution in [2.75, 3.05) is 18.2 Å². The van der Waals surface area contributed by atoms with Gasteiger partial charge in [-0.2, -0.15) is 0 Å². The minimum Gasteiger partial charge on any atom is -0.310 e. The Balaban J connectivity index is 2.18. The number of alkyl halides is 1. The number of hydrogen-bond acceptors (Lipinski definition) is 2. The molecule has 15 heavy (non-hydrogen) atoms. The summed E-state index contributed by atoms with van der Waals surface area (Å²) in [7, 11) is 0. The third kappa shape index (κ3) is 5.45. The van der Waals surface area contributed by atoms with Crippen LogP contribution in [-0.4, -0.2) is 23.7 Å². The molecule has 0 aromatic heterocycles. The molecule has 0 spiro atoms. The van der Waals surface area contributed by atoms with Crippen LogP contribution in [0.5, 0.6) is 0 Å². The summed E-state index contributed by atoms with van der Waals surface area (Å²) in [6.45, 7) is 5.22. The first-order valence-electron chi connectivity index (χ1n) is 5.13. The van der Waals surface area contributed by atoms with Crippen LogP contribution in [0.1, 0.15) is 13.8 Å². The third-order valence-corrected chi connectivity index (χ3v) is 3.73. The third-order valence-electron chi connectivity index (χ3n) is 2.05. The number of hydrogen-bond donors (Lipinski definition) is 1. The van der Waals surface area contributed by atoms with Gasteiger partial charge in [-0.05, 0) is 26.0 Å². The fourth-order valence-corrected chi connectivity index (χ4v) is 2.01. The van der Waals surface area contributed by atoms with Crippen LogP contribution in [0.15, 0.2) is 35.2 Å². The van der Waals surface area contributed by atoms with Crippen LogP contribution in [0.3, 0.4) is 0 Å². The number of thioether (sulfide) groups is 1. The van der Waals surface area contributed by atoms with E-state index < -0.39 is 0 Å². The quantitative estimate of drug-likeness (QED) is 0.467. The number of halogens is 1. The fourth-order valence-electron chi connectivity index (χ4n) is 1.12. The van der Waals surface area contributed by atoms with E-state index in [1.165, 1.54) is 4.90 Å². The number of nitrogens with one attached hydrogen (secondary N) is 1. The first-order chi connectivity index (χ1) is 7.14. The molecule has 0 saturated heterocycles. The second-order valence-corrected chi connectivity index (χ2v) is 5.54. The standard InChI is InChI=1S/C12H18ClNS/c1-12(2,10-13)14-8-9-15-11-6-4-3-5-7-11/h3-7,14H,8-10H2,1-2H3. The van der Waals surface area contributed by atoms with Gasteiger partial charge in [-0.3, -0.25) is 0 Å². The number of benzene rings is 1. The summed E-state index contributed by atoms with van der Waals surface area (Å²) in [6, 6.07) is 10.4. The van der Waals surface area contributed by atoms with Gasteiger partial charge in [0.25, 0.3) is 0 Å². The lowest BCUT2D eigenvalue weighted by Crippen LogP contribution is -2.42. The zero-order valence-corrected chi connectivity index (χ0v) is 10.9. The zero-order valence-electron chi connectivity index (χ0n) is 9.29. The van der Waals surface area contributed by atoms with E-state index in [9.17, 15) is 0 Å². The molecule has 1 aromatic carbocycles. The van der Waals surface area contributed by atoms with E-state index in [0.717, 1.165) is 12.3 Å². The van der Waals surface area contributed by atoms with Crippen molar-refractivity contribution >= 4 is 23.4 Å². The summed E-state index contributed by atoms with van der Waals surface area (Å²) in [5.74, 6) is 1.72. The first-order valence-corrected chi connectivity index (χ1v) is 6.65. The molecular formula is C12H18ClNS. The maximum Gasteiger partial charge on any atom is 0.0400 e. The topological polar surface area (TPSA) is 12.0 Å². The second-order valence-electron chi connectivity index (χ2n) is 4.11. The average molecular weight is 244 g/mol. The monoisotopic (exact) mass is 243 g/mol. The average Bonchev–Trinajstić information content (AvgIpc) is 2.26. The summed E-state index contributed by atoms with van der Waals surface area (Å²) in [5, 5.41) is 3.43. The van der Waals surface area contributed by atoms with Crippen molar-refractivity contribution in [2.45, 2.75) is 24.3 Å². The van der Waals surface area contributed by atoms with Gasteiger partial charge in [-0.1, -0.05) is 18.2 Å². The highest BCUT2D eigenvalue weighted by atomic mass is 35.5. The SMILES string of the molecule is CC(C)(CCl)NCCSc1ccccc1. The highest BCUT2D eigenvalue weighted by Crippen LogP contribution is 2.16. The maximum atomic E-state index is 5.82. The van der Waals surface area contributed by atoms with Gasteiger partial charge >= 0.3 is 0 Å². The maximum absolute atomic E-state index is 5.82. The van der Waals surface area contributed by atoms with Gasteiger partial charge in [0.1, 0.15) is 0 Å². The lowest BCUT2D eigenvalue weighted by molar-refractivity contribution is 0.446. The second kappa shape index (κ2) is 6.41. The van der Waals surface area contributed by atoms with Gasteiger partial charge in [-0.25, -0.2) is 0 Å². The predicted molar refractivity (Wildman–Crippen MR) is 70.0 cm³/mol. The van der Waals surface area contributed by atoms with E-state index in [1.807, 2.05) is 17.8 Å². The Kier molecular flexibility index (Phi) is 5.51. The van der Waals surface area contributed by atoms with E-state index >= 15 is 0 Å². The Morgan fingerprint density at radius 3 is 2.53 bits per heavy atom. The first kappa shape index (κ1) is 12.9. The van der Waals surface area contributed by atoms with Crippen molar-refractivity contribution in [3.8, 4) is 0 Å². The molecule has 0 aliphatic rings. The summed E-state index contributed by atoms with van der Waals surface area (Å²) < 4.78 is 0. The van der Waals surface area contributed by atoms with Crippen molar-refractivity contribution in [1.29, 1.82) is 0 Å². The molecule has 1 aromatic rings. The molecule has 0 radical (unpaired) electrons. The molecule has 0 aliphatic carbocycles. The summed E-state index contributed by atoms with van der Waals surface area (Å²) in [4.78, 5) is 1.32. The molecule has 0 atom stereocenters. The van der Waals surface area contributed by atoms with Crippen LogP contribution in [0.25, 0.3) is 0 Å². The van der Waals surface area contributed by atoms with Gasteiger partial charge < -0.3 is 5.32 Å². The van der Waals surface area contributed by atoms with Gasteiger partial charge in [0.05, 0.1) is 0 Å². The minimum atomic E-state index is 0.0405. The predicted octanol–water partition coefficient (Wildman–Crippen LogP) is 3.39. The van der Waals surface area contributed by atoms with Crippen molar-refractivity contribution in [1.82, 2.24) is 5.32 Å². The largest absolute Gasteiger partial charge is 0.310 e.